The number of nitrogens with zero attached hydrogens (tertiary/aromatic N) is 1. The maximum Gasteiger partial charge on any atom is 0.338 e. The molecule has 0 bridgehead atoms. The molecule has 0 amide bonds. The molecular weight excluding hydrogens is 214 g/mol. The summed E-state index contributed by atoms with van der Waals surface area (Å²) in [6, 6.07) is 7.88. The molecule has 0 radical (unpaired) electrons. The molecule has 3 heteroatoms. The Hall–Kier alpha value is -1.82. The van der Waals surface area contributed by atoms with Crippen LogP contribution in [0.25, 0.3) is 0 Å². The molecule has 1 aliphatic rings. The third-order valence-electron chi connectivity index (χ3n) is 3.16. The van der Waals surface area contributed by atoms with Gasteiger partial charge in [-0.25, -0.2) is 4.79 Å². The van der Waals surface area contributed by atoms with Crippen molar-refractivity contribution in [2.45, 2.75) is 32.1 Å². The molecule has 17 heavy (non-hydrogen) atoms. The Kier molecular flexibility index (Phi) is 3.43. The minimum Gasteiger partial charge on any atom is -0.462 e. The number of hydrogen-bond donors (Lipinski definition) is 0. The van der Waals surface area contributed by atoms with Crippen LogP contribution >= 0.6 is 0 Å². The lowest BCUT2D eigenvalue weighted by Gasteiger charge is -2.22. The number of nitriles is 1. The number of hydrogen-bond acceptors (Lipinski definition) is 3. The van der Waals surface area contributed by atoms with Crippen LogP contribution in [0.3, 0.4) is 0 Å². The van der Waals surface area contributed by atoms with E-state index in [1.807, 2.05) is 12.1 Å². The topological polar surface area (TPSA) is 50.1 Å². The first-order valence-electron chi connectivity index (χ1n) is 5.96. The van der Waals surface area contributed by atoms with Crippen molar-refractivity contribution >= 4 is 5.97 Å². The van der Waals surface area contributed by atoms with Crippen molar-refractivity contribution in [1.82, 2.24) is 0 Å². The summed E-state index contributed by atoms with van der Waals surface area (Å²) in [5, 5.41) is 9.10. The smallest absolute Gasteiger partial charge is 0.338 e. The lowest BCUT2D eigenvalue weighted by Crippen LogP contribution is -2.15. The molecule has 0 aromatic heterocycles. The molecule has 0 spiro atoms. The first-order valence-corrected chi connectivity index (χ1v) is 5.96. The Labute approximate surface area is 101 Å². The van der Waals surface area contributed by atoms with Crippen molar-refractivity contribution in [3.05, 3.63) is 34.9 Å². The van der Waals surface area contributed by atoms with E-state index in [0.717, 1.165) is 30.4 Å². The molecule has 1 aromatic carbocycles. The zero-order chi connectivity index (χ0) is 12.3. The van der Waals surface area contributed by atoms with Crippen LogP contribution in [0.5, 0.6) is 0 Å². The van der Waals surface area contributed by atoms with Crippen molar-refractivity contribution in [3.8, 4) is 6.07 Å². The predicted octanol–water partition coefficient (Wildman–Crippen LogP) is 2.81. The highest BCUT2D eigenvalue weighted by atomic mass is 16.5. The highest BCUT2D eigenvalue weighted by Crippen LogP contribution is 2.33. The molecular formula is C14H15NO2. The fourth-order valence-electron chi connectivity index (χ4n) is 2.38. The van der Waals surface area contributed by atoms with Gasteiger partial charge in [-0.1, -0.05) is 12.1 Å². The summed E-state index contributed by atoms with van der Waals surface area (Å²) in [5.74, 6) is -0.351. The van der Waals surface area contributed by atoms with E-state index in [0.29, 0.717) is 12.2 Å². The van der Waals surface area contributed by atoms with Gasteiger partial charge in [0.2, 0.25) is 0 Å². The van der Waals surface area contributed by atoms with E-state index in [2.05, 4.69) is 6.07 Å². The van der Waals surface area contributed by atoms with E-state index in [1.54, 1.807) is 13.0 Å². The van der Waals surface area contributed by atoms with Gasteiger partial charge < -0.3 is 4.74 Å². The number of rotatable bonds is 2. The first-order chi connectivity index (χ1) is 8.27. The summed E-state index contributed by atoms with van der Waals surface area (Å²) >= 11 is 0. The second-order valence-corrected chi connectivity index (χ2v) is 4.17. The van der Waals surface area contributed by atoms with E-state index in [9.17, 15) is 4.79 Å². The largest absolute Gasteiger partial charge is 0.462 e. The van der Waals surface area contributed by atoms with E-state index in [1.165, 1.54) is 0 Å². The SMILES string of the molecule is CCOC(=O)c1cccc2c1CCCC2C#N. The zero-order valence-electron chi connectivity index (χ0n) is 9.90. The van der Waals surface area contributed by atoms with Crippen LogP contribution in [0.4, 0.5) is 0 Å². The van der Waals surface area contributed by atoms with Gasteiger partial charge in [-0.2, -0.15) is 5.26 Å². The quantitative estimate of drug-likeness (QED) is 0.733. The number of ether oxygens (including phenoxy) is 1. The van der Waals surface area contributed by atoms with Gasteiger partial charge in [-0.3, -0.25) is 0 Å². The molecule has 0 fully saturated rings. The summed E-state index contributed by atoms with van der Waals surface area (Å²) in [5.41, 5.74) is 2.64. The molecule has 1 aromatic rings. The number of esters is 1. The van der Waals surface area contributed by atoms with Gasteiger partial charge in [0.25, 0.3) is 0 Å². The van der Waals surface area contributed by atoms with Crippen molar-refractivity contribution in [3.63, 3.8) is 0 Å². The van der Waals surface area contributed by atoms with Crippen LogP contribution in [0, 0.1) is 11.3 Å². The Morgan fingerprint density at radius 2 is 2.41 bits per heavy atom. The maximum atomic E-state index is 11.8. The second-order valence-electron chi connectivity index (χ2n) is 4.17. The Bertz CT molecular complexity index is 474. The first kappa shape index (κ1) is 11.7. The average Bonchev–Trinajstić information content (AvgIpc) is 2.37. The van der Waals surface area contributed by atoms with Crippen LogP contribution in [0.2, 0.25) is 0 Å². The van der Waals surface area contributed by atoms with Gasteiger partial charge in [0.1, 0.15) is 0 Å². The zero-order valence-corrected chi connectivity index (χ0v) is 9.90. The second kappa shape index (κ2) is 5.01. The monoisotopic (exact) mass is 229 g/mol. The van der Waals surface area contributed by atoms with Gasteiger partial charge in [0.05, 0.1) is 24.2 Å². The maximum absolute atomic E-state index is 11.8. The van der Waals surface area contributed by atoms with Crippen molar-refractivity contribution in [1.29, 1.82) is 5.26 Å². The molecule has 1 atom stereocenters. The van der Waals surface area contributed by atoms with E-state index >= 15 is 0 Å². The summed E-state index contributed by atoms with van der Waals surface area (Å²) in [4.78, 5) is 11.8. The molecule has 0 heterocycles. The highest BCUT2D eigenvalue weighted by Gasteiger charge is 2.24. The number of benzene rings is 1. The molecule has 0 N–H and O–H groups in total. The predicted molar refractivity (Wildman–Crippen MR) is 63.7 cm³/mol. The number of carbonyl (C=O) groups is 1. The minimum absolute atomic E-state index is 0.0758. The molecule has 88 valence electrons. The Morgan fingerprint density at radius 1 is 1.59 bits per heavy atom. The summed E-state index contributed by atoms with van der Waals surface area (Å²) < 4.78 is 5.04. The van der Waals surface area contributed by atoms with Crippen molar-refractivity contribution < 1.29 is 9.53 Å². The van der Waals surface area contributed by atoms with E-state index in [4.69, 9.17) is 10.00 Å². The number of carbonyl (C=O) groups excluding carboxylic acids is 1. The minimum atomic E-state index is -0.275. The molecule has 1 aliphatic carbocycles. The van der Waals surface area contributed by atoms with Crippen LogP contribution < -0.4 is 0 Å². The summed E-state index contributed by atoms with van der Waals surface area (Å²) in [6.45, 7) is 2.18. The van der Waals surface area contributed by atoms with Crippen LogP contribution in [0.1, 0.15) is 47.2 Å². The van der Waals surface area contributed by atoms with Crippen LogP contribution in [0.15, 0.2) is 18.2 Å². The summed E-state index contributed by atoms with van der Waals surface area (Å²) in [6.07, 6.45) is 2.71. The molecule has 2 rings (SSSR count). The average molecular weight is 229 g/mol. The molecule has 3 nitrogen and oxygen atoms in total. The van der Waals surface area contributed by atoms with Crippen LogP contribution in [-0.4, -0.2) is 12.6 Å². The fourth-order valence-corrected chi connectivity index (χ4v) is 2.38. The third kappa shape index (κ3) is 2.16. The lowest BCUT2D eigenvalue weighted by atomic mass is 9.81. The van der Waals surface area contributed by atoms with Gasteiger partial charge >= 0.3 is 5.97 Å². The molecule has 0 aliphatic heterocycles. The highest BCUT2D eigenvalue weighted by molar-refractivity contribution is 5.91. The van der Waals surface area contributed by atoms with Gasteiger partial charge in [0.15, 0.2) is 0 Å². The molecule has 0 saturated carbocycles. The Balaban J connectivity index is 2.43. The van der Waals surface area contributed by atoms with E-state index in [-0.39, 0.29) is 11.9 Å². The van der Waals surface area contributed by atoms with Crippen LogP contribution in [-0.2, 0) is 11.2 Å². The molecule has 0 saturated heterocycles. The van der Waals surface area contributed by atoms with Crippen molar-refractivity contribution in [2.24, 2.45) is 0 Å². The van der Waals surface area contributed by atoms with Gasteiger partial charge in [-0.15, -0.1) is 0 Å². The van der Waals surface area contributed by atoms with Gasteiger partial charge in [-0.05, 0) is 43.4 Å². The summed E-state index contributed by atoms with van der Waals surface area (Å²) in [7, 11) is 0. The van der Waals surface area contributed by atoms with E-state index < -0.39 is 0 Å². The lowest BCUT2D eigenvalue weighted by molar-refractivity contribution is 0.0524. The number of fused-ring (bicyclic) bond motifs is 1. The van der Waals surface area contributed by atoms with Crippen molar-refractivity contribution in [2.75, 3.05) is 6.61 Å². The van der Waals surface area contributed by atoms with Gasteiger partial charge in [0, 0.05) is 0 Å². The normalized spacial score (nSPS) is 18.0. The fraction of sp³-hybridized carbons (Fsp3) is 0.429. The third-order valence-corrected chi connectivity index (χ3v) is 3.16. The molecule has 1 unspecified atom stereocenters. The standard InChI is InChI=1S/C14H15NO2/c1-2-17-14(16)13-8-4-6-11-10(9-15)5-3-7-12(11)13/h4,6,8,10H,2-3,5,7H2,1H3. The Morgan fingerprint density at radius 3 is 3.12 bits per heavy atom.